The molecule has 3 aromatic rings. The lowest BCUT2D eigenvalue weighted by Gasteiger charge is -2.04. The number of hydrogen-bond acceptors (Lipinski definition) is 5. The fourth-order valence-electron chi connectivity index (χ4n) is 2.09. The normalized spacial score (nSPS) is 10.9. The van der Waals surface area contributed by atoms with E-state index in [1.54, 1.807) is 25.3 Å². The third-order valence-corrected chi connectivity index (χ3v) is 3.62. The number of hydrogen-bond donors (Lipinski definition) is 1. The van der Waals surface area contributed by atoms with Crippen molar-refractivity contribution in [3.8, 4) is 5.75 Å². The number of halogens is 1. The number of benzene rings is 1. The van der Waals surface area contributed by atoms with E-state index in [0.717, 1.165) is 10.9 Å². The largest absolute Gasteiger partial charge is 0.497 e. The highest BCUT2D eigenvalue weighted by Gasteiger charge is 2.06. The number of hydrazone groups is 1. The number of fused-ring (bicyclic) bond motifs is 1. The lowest BCUT2D eigenvalue weighted by atomic mass is 10.1. The molecular formula is C17H13ClN4O2. The number of methoxy groups -OCH3 is 1. The molecule has 2 aromatic heterocycles. The third-order valence-electron chi connectivity index (χ3n) is 3.32. The van der Waals surface area contributed by atoms with Gasteiger partial charge in [-0.1, -0.05) is 11.6 Å². The van der Waals surface area contributed by atoms with Gasteiger partial charge in [0.2, 0.25) is 0 Å². The van der Waals surface area contributed by atoms with E-state index in [0.29, 0.717) is 16.9 Å². The topological polar surface area (TPSA) is 76.5 Å². The molecule has 7 heteroatoms. The Morgan fingerprint density at radius 1 is 1.25 bits per heavy atom. The van der Waals surface area contributed by atoms with Gasteiger partial charge in [0.1, 0.15) is 10.9 Å². The summed E-state index contributed by atoms with van der Waals surface area (Å²) < 4.78 is 5.16. The Morgan fingerprint density at radius 3 is 2.79 bits per heavy atom. The predicted octanol–water partition coefficient (Wildman–Crippen LogP) is 3.06. The number of carbonyl (C=O) groups excluding carboxylic acids is 1. The second kappa shape index (κ2) is 7.06. The highest BCUT2D eigenvalue weighted by atomic mass is 35.5. The summed E-state index contributed by atoms with van der Waals surface area (Å²) in [5, 5.41) is 5.11. The fourth-order valence-corrected chi connectivity index (χ4v) is 2.28. The fraction of sp³-hybridized carbons (Fsp3) is 0.0588. The molecule has 1 N–H and O–H groups in total. The van der Waals surface area contributed by atoms with Crippen LogP contribution in [0, 0.1) is 0 Å². The molecule has 2 heterocycles. The Balaban J connectivity index is 1.79. The van der Waals surface area contributed by atoms with Crippen molar-refractivity contribution in [3.63, 3.8) is 0 Å². The first-order chi connectivity index (χ1) is 11.7. The molecule has 0 saturated heterocycles. The highest BCUT2D eigenvalue weighted by Crippen LogP contribution is 2.23. The van der Waals surface area contributed by atoms with Gasteiger partial charge in [-0.05, 0) is 30.3 Å². The van der Waals surface area contributed by atoms with Crippen LogP contribution in [0.5, 0.6) is 5.75 Å². The minimum absolute atomic E-state index is 0.290. The number of aromatic nitrogens is 2. The molecule has 3 rings (SSSR count). The summed E-state index contributed by atoms with van der Waals surface area (Å²) in [5.41, 5.74) is 4.23. The van der Waals surface area contributed by atoms with Crippen molar-refractivity contribution in [1.82, 2.24) is 15.4 Å². The Labute approximate surface area is 143 Å². The van der Waals surface area contributed by atoms with Crippen LogP contribution in [0.4, 0.5) is 0 Å². The first-order valence-electron chi connectivity index (χ1n) is 7.05. The van der Waals surface area contributed by atoms with E-state index in [2.05, 4.69) is 20.5 Å². The van der Waals surface area contributed by atoms with E-state index in [9.17, 15) is 4.79 Å². The summed E-state index contributed by atoms with van der Waals surface area (Å²) in [4.78, 5) is 20.1. The Hall–Kier alpha value is -2.99. The van der Waals surface area contributed by atoms with Gasteiger partial charge in [-0.3, -0.25) is 9.78 Å². The monoisotopic (exact) mass is 340 g/mol. The van der Waals surface area contributed by atoms with Gasteiger partial charge in [0, 0.05) is 35.0 Å². The minimum Gasteiger partial charge on any atom is -0.497 e. The number of pyridine rings is 2. The van der Waals surface area contributed by atoms with Gasteiger partial charge in [-0.2, -0.15) is 5.10 Å². The first kappa shape index (κ1) is 15.9. The summed E-state index contributed by atoms with van der Waals surface area (Å²) in [6, 6.07) is 10.6. The van der Waals surface area contributed by atoms with Crippen molar-refractivity contribution < 1.29 is 9.53 Å². The van der Waals surface area contributed by atoms with Crippen LogP contribution in [0.15, 0.2) is 53.9 Å². The molecule has 0 bridgehead atoms. The minimum atomic E-state index is -0.330. The van der Waals surface area contributed by atoms with E-state index < -0.39 is 0 Å². The summed E-state index contributed by atoms with van der Waals surface area (Å²) in [7, 11) is 1.59. The second-order valence-electron chi connectivity index (χ2n) is 4.86. The molecule has 0 spiro atoms. The molecule has 0 aliphatic heterocycles. The van der Waals surface area contributed by atoms with Crippen LogP contribution in [0.3, 0.4) is 0 Å². The molecule has 0 aliphatic carbocycles. The third kappa shape index (κ3) is 3.49. The van der Waals surface area contributed by atoms with Crippen LogP contribution >= 0.6 is 11.6 Å². The molecular weight excluding hydrogens is 328 g/mol. The maximum atomic E-state index is 11.9. The van der Waals surface area contributed by atoms with Crippen LogP contribution in [0.2, 0.25) is 5.15 Å². The second-order valence-corrected chi connectivity index (χ2v) is 5.22. The van der Waals surface area contributed by atoms with Crippen LogP contribution in [0.25, 0.3) is 10.9 Å². The van der Waals surface area contributed by atoms with Gasteiger partial charge < -0.3 is 4.74 Å². The Bertz CT molecular complexity index is 913. The van der Waals surface area contributed by atoms with E-state index in [-0.39, 0.29) is 11.1 Å². The van der Waals surface area contributed by atoms with Gasteiger partial charge in [-0.15, -0.1) is 0 Å². The van der Waals surface area contributed by atoms with Gasteiger partial charge >= 0.3 is 0 Å². The molecule has 0 saturated carbocycles. The quantitative estimate of drug-likeness (QED) is 0.450. The van der Waals surface area contributed by atoms with Gasteiger partial charge in [0.25, 0.3) is 5.91 Å². The average molecular weight is 341 g/mol. The smallest absolute Gasteiger partial charge is 0.271 e. The molecule has 24 heavy (non-hydrogen) atoms. The summed E-state index contributed by atoms with van der Waals surface area (Å²) >= 11 is 6.17. The van der Waals surface area contributed by atoms with Gasteiger partial charge in [-0.25, -0.2) is 10.4 Å². The average Bonchev–Trinajstić information content (AvgIpc) is 2.62. The molecule has 0 atom stereocenters. The first-order valence-corrected chi connectivity index (χ1v) is 7.43. The van der Waals surface area contributed by atoms with Crippen LogP contribution in [-0.2, 0) is 0 Å². The van der Waals surface area contributed by atoms with E-state index in [4.69, 9.17) is 16.3 Å². The molecule has 1 amide bonds. The molecule has 120 valence electrons. The van der Waals surface area contributed by atoms with Crippen molar-refractivity contribution in [2.24, 2.45) is 5.10 Å². The molecule has 6 nitrogen and oxygen atoms in total. The van der Waals surface area contributed by atoms with Crippen molar-refractivity contribution in [2.45, 2.75) is 0 Å². The molecule has 0 unspecified atom stereocenters. The van der Waals surface area contributed by atoms with Crippen molar-refractivity contribution in [1.29, 1.82) is 0 Å². The molecule has 1 aromatic carbocycles. The standard InChI is InChI=1S/C17H13ClN4O2/c1-24-14-3-2-12-8-13(16(18)21-15(12)9-14)10-20-22-17(23)11-4-6-19-7-5-11/h2-10H,1H3,(H,22,23). The highest BCUT2D eigenvalue weighted by molar-refractivity contribution is 6.32. The lowest BCUT2D eigenvalue weighted by molar-refractivity contribution is 0.0955. The Kier molecular flexibility index (Phi) is 4.67. The van der Waals surface area contributed by atoms with Crippen LogP contribution in [-0.4, -0.2) is 29.2 Å². The predicted molar refractivity (Wildman–Crippen MR) is 92.6 cm³/mol. The van der Waals surface area contributed by atoms with Crippen LogP contribution in [0.1, 0.15) is 15.9 Å². The lowest BCUT2D eigenvalue weighted by Crippen LogP contribution is -2.17. The van der Waals surface area contributed by atoms with Crippen LogP contribution < -0.4 is 10.2 Å². The zero-order valence-electron chi connectivity index (χ0n) is 12.7. The van der Waals surface area contributed by atoms with E-state index in [1.165, 1.54) is 18.6 Å². The van der Waals surface area contributed by atoms with Gasteiger partial charge in [0.15, 0.2) is 0 Å². The molecule has 0 aliphatic rings. The van der Waals surface area contributed by atoms with Crippen molar-refractivity contribution >= 4 is 34.6 Å². The summed E-state index contributed by atoms with van der Waals surface area (Å²) in [5.74, 6) is 0.375. The number of rotatable bonds is 4. The number of ether oxygens (including phenoxy) is 1. The van der Waals surface area contributed by atoms with Crippen molar-refractivity contribution in [2.75, 3.05) is 7.11 Å². The van der Waals surface area contributed by atoms with E-state index >= 15 is 0 Å². The molecule has 0 radical (unpaired) electrons. The van der Waals surface area contributed by atoms with E-state index in [1.807, 2.05) is 18.2 Å². The van der Waals surface area contributed by atoms with Crippen molar-refractivity contribution in [3.05, 3.63) is 65.1 Å². The number of amides is 1. The number of nitrogens with one attached hydrogen (secondary N) is 1. The molecule has 0 fully saturated rings. The number of carbonyl (C=O) groups is 1. The maximum Gasteiger partial charge on any atom is 0.271 e. The SMILES string of the molecule is COc1ccc2cc(C=NNC(=O)c3ccncc3)c(Cl)nc2c1. The van der Waals surface area contributed by atoms with Gasteiger partial charge in [0.05, 0.1) is 18.8 Å². The Morgan fingerprint density at radius 2 is 2.04 bits per heavy atom. The maximum absolute atomic E-state index is 11.9. The number of nitrogens with zero attached hydrogens (tertiary/aromatic N) is 3. The zero-order chi connectivity index (χ0) is 16.9. The summed E-state index contributed by atoms with van der Waals surface area (Å²) in [6.07, 6.45) is 4.53. The summed E-state index contributed by atoms with van der Waals surface area (Å²) in [6.45, 7) is 0. The zero-order valence-corrected chi connectivity index (χ0v) is 13.5.